The fourth-order valence-corrected chi connectivity index (χ4v) is 2.32. The minimum absolute atomic E-state index is 0.219. The predicted molar refractivity (Wildman–Crippen MR) is 75.2 cm³/mol. The number of epoxide rings is 1. The van der Waals surface area contributed by atoms with Crippen LogP contribution in [0.2, 0.25) is 0 Å². The normalized spacial score (nSPS) is 27.8. The lowest BCUT2D eigenvalue weighted by atomic mass is 9.92. The first kappa shape index (κ1) is 15.0. The molecule has 2 rings (SSSR count). The lowest BCUT2D eigenvalue weighted by Crippen LogP contribution is -2.18. The van der Waals surface area contributed by atoms with Gasteiger partial charge < -0.3 is 14.6 Å². The summed E-state index contributed by atoms with van der Waals surface area (Å²) < 4.78 is 10.2. The monoisotopic (exact) mass is 278 g/mol. The molecule has 4 atom stereocenters. The van der Waals surface area contributed by atoms with Gasteiger partial charge in [0.1, 0.15) is 5.60 Å². The first-order valence-electron chi connectivity index (χ1n) is 6.91. The highest BCUT2D eigenvalue weighted by molar-refractivity contribution is 5.79. The minimum Gasteiger partial charge on any atom is -0.467 e. The number of carbonyl (C=O) groups excluding carboxylic acids is 1. The number of hydrogen-bond acceptors (Lipinski definition) is 4. The standard InChI is InChI=1S/C16H22O4/c1-10(11(2)17)9-12-5-7-13(8-6-12)16(3)14(20-16)15(18)19-4/h5-8,10-11,14,17H,9H2,1-4H3. The molecule has 1 N–H and O–H groups in total. The third-order valence-electron chi connectivity index (χ3n) is 4.13. The molecule has 1 fully saturated rings. The number of methoxy groups -OCH3 is 1. The van der Waals surface area contributed by atoms with Gasteiger partial charge in [0.05, 0.1) is 13.2 Å². The Morgan fingerprint density at radius 3 is 2.50 bits per heavy atom. The number of ether oxygens (including phenoxy) is 2. The molecule has 110 valence electrons. The Bertz CT molecular complexity index is 480. The lowest BCUT2D eigenvalue weighted by Gasteiger charge is -2.15. The summed E-state index contributed by atoms with van der Waals surface area (Å²) in [6.07, 6.45) is 0.00746. The zero-order chi connectivity index (χ0) is 14.9. The summed E-state index contributed by atoms with van der Waals surface area (Å²) in [6, 6.07) is 8.00. The quantitative estimate of drug-likeness (QED) is 0.661. The van der Waals surface area contributed by atoms with Crippen LogP contribution in [0.5, 0.6) is 0 Å². The van der Waals surface area contributed by atoms with E-state index in [0.29, 0.717) is 0 Å². The summed E-state index contributed by atoms with van der Waals surface area (Å²) in [5.74, 6) is -0.115. The molecule has 0 radical (unpaired) electrons. The molecule has 1 aliphatic heterocycles. The molecule has 0 saturated carbocycles. The highest BCUT2D eigenvalue weighted by Gasteiger charge is 2.59. The van der Waals surface area contributed by atoms with Gasteiger partial charge in [0.2, 0.25) is 0 Å². The summed E-state index contributed by atoms with van der Waals surface area (Å²) in [7, 11) is 1.37. The van der Waals surface area contributed by atoms with E-state index in [-0.39, 0.29) is 18.0 Å². The molecule has 0 amide bonds. The summed E-state index contributed by atoms with van der Waals surface area (Å²) in [5.41, 5.74) is 1.57. The van der Waals surface area contributed by atoms with Gasteiger partial charge in [-0.25, -0.2) is 4.79 Å². The second-order valence-electron chi connectivity index (χ2n) is 5.75. The number of benzene rings is 1. The van der Waals surface area contributed by atoms with Crippen LogP contribution >= 0.6 is 0 Å². The van der Waals surface area contributed by atoms with Crippen molar-refractivity contribution in [3.63, 3.8) is 0 Å². The maximum absolute atomic E-state index is 11.5. The molecule has 1 saturated heterocycles. The van der Waals surface area contributed by atoms with Crippen LogP contribution in [0.1, 0.15) is 31.9 Å². The number of esters is 1. The van der Waals surface area contributed by atoms with E-state index in [1.54, 1.807) is 6.92 Å². The Labute approximate surface area is 119 Å². The molecule has 1 aromatic rings. The van der Waals surface area contributed by atoms with Gasteiger partial charge in [-0.3, -0.25) is 0 Å². The highest BCUT2D eigenvalue weighted by atomic mass is 16.6. The molecule has 4 unspecified atom stereocenters. The van der Waals surface area contributed by atoms with E-state index in [2.05, 4.69) is 0 Å². The summed E-state index contributed by atoms with van der Waals surface area (Å²) in [5, 5.41) is 9.53. The maximum atomic E-state index is 11.5. The van der Waals surface area contributed by atoms with Crippen molar-refractivity contribution in [2.24, 2.45) is 5.92 Å². The van der Waals surface area contributed by atoms with Crippen LogP contribution in [0.25, 0.3) is 0 Å². The second-order valence-corrected chi connectivity index (χ2v) is 5.75. The molecular formula is C16H22O4. The molecule has 1 aliphatic rings. The van der Waals surface area contributed by atoms with Gasteiger partial charge in [0, 0.05) is 0 Å². The van der Waals surface area contributed by atoms with Crippen molar-refractivity contribution in [1.29, 1.82) is 0 Å². The van der Waals surface area contributed by atoms with Crippen molar-refractivity contribution in [2.75, 3.05) is 7.11 Å². The fraction of sp³-hybridized carbons (Fsp3) is 0.562. The van der Waals surface area contributed by atoms with E-state index in [1.807, 2.05) is 38.1 Å². The van der Waals surface area contributed by atoms with Crippen LogP contribution in [0.4, 0.5) is 0 Å². The molecule has 0 aliphatic carbocycles. The van der Waals surface area contributed by atoms with Crippen molar-refractivity contribution in [1.82, 2.24) is 0 Å². The predicted octanol–water partition coefficient (Wildman–Crippen LogP) is 2.03. The number of hydrogen-bond donors (Lipinski definition) is 1. The van der Waals surface area contributed by atoms with Crippen molar-refractivity contribution >= 4 is 5.97 Å². The van der Waals surface area contributed by atoms with Gasteiger partial charge in [-0.1, -0.05) is 31.2 Å². The van der Waals surface area contributed by atoms with Gasteiger partial charge in [-0.05, 0) is 37.3 Å². The molecule has 0 spiro atoms. The molecule has 1 heterocycles. The van der Waals surface area contributed by atoms with Gasteiger partial charge in [0.15, 0.2) is 6.10 Å². The van der Waals surface area contributed by atoms with E-state index >= 15 is 0 Å². The molecular weight excluding hydrogens is 256 g/mol. The zero-order valence-electron chi connectivity index (χ0n) is 12.4. The molecule has 0 bridgehead atoms. The van der Waals surface area contributed by atoms with E-state index in [0.717, 1.165) is 12.0 Å². The van der Waals surface area contributed by atoms with Gasteiger partial charge in [-0.2, -0.15) is 0 Å². The molecule has 4 heteroatoms. The first-order chi connectivity index (χ1) is 9.38. The third kappa shape index (κ3) is 2.86. The number of aliphatic hydroxyl groups is 1. The SMILES string of the molecule is COC(=O)C1OC1(C)c1ccc(CC(C)C(C)O)cc1. The van der Waals surface area contributed by atoms with Crippen LogP contribution in [0.15, 0.2) is 24.3 Å². The summed E-state index contributed by atoms with van der Waals surface area (Å²) in [6.45, 7) is 5.72. The highest BCUT2D eigenvalue weighted by Crippen LogP contribution is 2.46. The minimum atomic E-state index is -0.568. The van der Waals surface area contributed by atoms with Crippen LogP contribution in [-0.2, 0) is 26.3 Å². The van der Waals surface area contributed by atoms with Crippen molar-refractivity contribution in [3.8, 4) is 0 Å². The van der Waals surface area contributed by atoms with Crippen molar-refractivity contribution < 1.29 is 19.4 Å². The van der Waals surface area contributed by atoms with E-state index in [9.17, 15) is 9.90 Å². The van der Waals surface area contributed by atoms with Crippen molar-refractivity contribution in [3.05, 3.63) is 35.4 Å². The van der Waals surface area contributed by atoms with E-state index in [1.165, 1.54) is 12.7 Å². The second kappa shape index (κ2) is 5.54. The van der Waals surface area contributed by atoms with Gasteiger partial charge in [-0.15, -0.1) is 0 Å². The van der Waals surface area contributed by atoms with Crippen LogP contribution < -0.4 is 0 Å². The Morgan fingerprint density at radius 1 is 1.40 bits per heavy atom. The Hall–Kier alpha value is -1.39. The largest absolute Gasteiger partial charge is 0.467 e. The first-order valence-corrected chi connectivity index (χ1v) is 6.91. The molecule has 1 aromatic carbocycles. The van der Waals surface area contributed by atoms with E-state index in [4.69, 9.17) is 9.47 Å². The van der Waals surface area contributed by atoms with Crippen LogP contribution in [0, 0.1) is 5.92 Å². The molecule has 0 aromatic heterocycles. The summed E-state index contributed by atoms with van der Waals surface area (Å²) in [4.78, 5) is 11.5. The van der Waals surface area contributed by atoms with Crippen molar-refractivity contribution in [2.45, 2.75) is 45.0 Å². The lowest BCUT2D eigenvalue weighted by molar-refractivity contribution is -0.142. The van der Waals surface area contributed by atoms with Gasteiger partial charge in [0.25, 0.3) is 0 Å². The summed E-state index contributed by atoms with van der Waals surface area (Å²) >= 11 is 0. The van der Waals surface area contributed by atoms with Crippen LogP contribution in [0.3, 0.4) is 0 Å². The Balaban J connectivity index is 2.04. The smallest absolute Gasteiger partial charge is 0.338 e. The molecule has 20 heavy (non-hydrogen) atoms. The number of rotatable bonds is 5. The van der Waals surface area contributed by atoms with Crippen LogP contribution in [-0.4, -0.2) is 30.4 Å². The Morgan fingerprint density at radius 2 is 2.00 bits per heavy atom. The Kier molecular flexibility index (Phi) is 4.16. The van der Waals surface area contributed by atoms with Gasteiger partial charge >= 0.3 is 5.97 Å². The average Bonchev–Trinajstić information content (AvgIpc) is 3.12. The zero-order valence-corrected chi connectivity index (χ0v) is 12.4. The fourth-order valence-electron chi connectivity index (χ4n) is 2.32. The average molecular weight is 278 g/mol. The third-order valence-corrected chi connectivity index (χ3v) is 4.13. The maximum Gasteiger partial charge on any atom is 0.338 e. The topological polar surface area (TPSA) is 59.1 Å². The number of aliphatic hydroxyl groups excluding tert-OH is 1. The number of carbonyl (C=O) groups is 1. The van der Waals surface area contributed by atoms with E-state index < -0.39 is 11.7 Å². The molecule has 4 nitrogen and oxygen atoms in total.